The van der Waals surface area contributed by atoms with Crippen LogP contribution in [0.15, 0.2) is 60.0 Å². The Labute approximate surface area is 187 Å². The zero-order chi connectivity index (χ0) is 22.6. The normalized spacial score (nSPS) is 13.5. The minimum atomic E-state index is -3.96. The van der Waals surface area contributed by atoms with Gasteiger partial charge < -0.3 is 9.84 Å². The van der Waals surface area contributed by atoms with Crippen molar-refractivity contribution in [3.63, 3.8) is 0 Å². The van der Waals surface area contributed by atoms with Crippen molar-refractivity contribution in [2.24, 2.45) is 0 Å². The monoisotopic (exact) mass is 461 g/mol. The Bertz CT molecular complexity index is 1130. The standard InChI is InChI=1S/C23H27NO5S2/c1-23(2,3)29-22(26)21(18-7-5-4-6-8-18)24(12-13-25)31(27,28)16-17-9-10-20-19(15-17)11-14-30-20/h4-11,14-15,21,25H,12-13,16H2,1-3H3/t21-/m1/s1. The Morgan fingerprint density at radius 3 is 2.48 bits per heavy atom. The summed E-state index contributed by atoms with van der Waals surface area (Å²) in [6, 6.07) is 14.9. The lowest BCUT2D eigenvalue weighted by Crippen LogP contribution is -2.43. The van der Waals surface area contributed by atoms with Gasteiger partial charge in [-0.1, -0.05) is 36.4 Å². The highest BCUT2D eigenvalue weighted by atomic mass is 32.2. The van der Waals surface area contributed by atoms with Crippen molar-refractivity contribution < 1.29 is 23.1 Å². The number of carbonyl (C=O) groups excluding carboxylic acids is 1. The third-order valence-corrected chi connectivity index (χ3v) is 7.28. The molecule has 3 rings (SSSR count). The van der Waals surface area contributed by atoms with Gasteiger partial charge in [-0.2, -0.15) is 4.31 Å². The zero-order valence-corrected chi connectivity index (χ0v) is 19.4. The lowest BCUT2D eigenvalue weighted by atomic mass is 10.1. The van der Waals surface area contributed by atoms with E-state index in [1.165, 1.54) is 0 Å². The first-order chi connectivity index (χ1) is 14.6. The van der Waals surface area contributed by atoms with Gasteiger partial charge in [-0.15, -0.1) is 11.3 Å². The number of hydrogen-bond donors (Lipinski definition) is 1. The van der Waals surface area contributed by atoms with Crippen LogP contribution in [0, 0.1) is 0 Å². The molecule has 0 saturated carbocycles. The van der Waals surface area contributed by atoms with Gasteiger partial charge in [-0.05, 0) is 60.9 Å². The molecule has 1 heterocycles. The van der Waals surface area contributed by atoms with Gasteiger partial charge in [0, 0.05) is 11.2 Å². The van der Waals surface area contributed by atoms with Crippen molar-refractivity contribution in [2.75, 3.05) is 13.2 Å². The number of nitrogens with zero attached hydrogens (tertiary/aromatic N) is 1. The molecule has 0 fully saturated rings. The van der Waals surface area contributed by atoms with Crippen molar-refractivity contribution in [1.82, 2.24) is 4.31 Å². The largest absolute Gasteiger partial charge is 0.459 e. The average Bonchev–Trinajstić information content (AvgIpc) is 3.14. The van der Waals surface area contributed by atoms with Crippen LogP contribution in [-0.2, 0) is 25.3 Å². The van der Waals surface area contributed by atoms with Gasteiger partial charge >= 0.3 is 5.97 Å². The fraction of sp³-hybridized carbons (Fsp3) is 0.348. The van der Waals surface area contributed by atoms with Gasteiger partial charge in [-0.3, -0.25) is 0 Å². The second kappa shape index (κ2) is 9.48. The van der Waals surface area contributed by atoms with E-state index in [4.69, 9.17) is 4.74 Å². The van der Waals surface area contributed by atoms with Gasteiger partial charge in [0.2, 0.25) is 10.0 Å². The van der Waals surface area contributed by atoms with E-state index in [0.717, 1.165) is 14.4 Å². The topological polar surface area (TPSA) is 83.9 Å². The molecule has 0 saturated heterocycles. The number of esters is 1. The SMILES string of the molecule is CC(C)(C)OC(=O)[C@@H](c1ccccc1)N(CCO)S(=O)(=O)Cc1ccc2sccc2c1. The first kappa shape index (κ1) is 23.4. The van der Waals surface area contributed by atoms with E-state index < -0.39 is 34.2 Å². The highest BCUT2D eigenvalue weighted by molar-refractivity contribution is 7.88. The first-order valence-electron chi connectivity index (χ1n) is 9.95. The Balaban J connectivity index is 2.00. The Kier molecular flexibility index (Phi) is 7.16. The minimum Gasteiger partial charge on any atom is -0.459 e. The van der Waals surface area contributed by atoms with E-state index in [0.29, 0.717) is 11.1 Å². The molecule has 2 aromatic carbocycles. The number of thiophene rings is 1. The second-order valence-electron chi connectivity index (χ2n) is 8.23. The van der Waals surface area contributed by atoms with Gasteiger partial charge in [0.05, 0.1) is 12.4 Å². The highest BCUT2D eigenvalue weighted by Crippen LogP contribution is 2.30. The lowest BCUT2D eigenvalue weighted by molar-refractivity contribution is -0.160. The predicted octanol–water partition coefficient (Wildman–Crippen LogP) is 4.11. The number of aliphatic hydroxyl groups excluding tert-OH is 1. The van der Waals surface area contributed by atoms with Crippen LogP contribution < -0.4 is 0 Å². The van der Waals surface area contributed by atoms with Crippen LogP contribution in [0.4, 0.5) is 0 Å². The Hall–Kier alpha value is -2.26. The molecule has 0 spiro atoms. The van der Waals surface area contributed by atoms with Crippen molar-refractivity contribution in [1.29, 1.82) is 0 Å². The lowest BCUT2D eigenvalue weighted by Gasteiger charge is -2.31. The van der Waals surface area contributed by atoms with Crippen LogP contribution in [0.2, 0.25) is 0 Å². The quantitative estimate of drug-likeness (QED) is 0.511. The maximum Gasteiger partial charge on any atom is 0.329 e. The van der Waals surface area contributed by atoms with Crippen LogP contribution in [0.1, 0.15) is 37.9 Å². The van der Waals surface area contributed by atoms with Crippen molar-refractivity contribution in [3.8, 4) is 0 Å². The molecule has 166 valence electrons. The average molecular weight is 462 g/mol. The summed E-state index contributed by atoms with van der Waals surface area (Å²) in [6.07, 6.45) is 0. The maximum atomic E-state index is 13.5. The van der Waals surface area contributed by atoms with Gasteiger partial charge in [-0.25, -0.2) is 13.2 Å². The third kappa shape index (κ3) is 5.92. The number of sulfonamides is 1. The summed E-state index contributed by atoms with van der Waals surface area (Å²) < 4.78 is 34.6. The molecule has 8 heteroatoms. The molecule has 3 aromatic rings. The van der Waals surface area contributed by atoms with E-state index in [2.05, 4.69) is 0 Å². The number of aliphatic hydroxyl groups is 1. The molecule has 1 N–H and O–H groups in total. The molecule has 31 heavy (non-hydrogen) atoms. The van der Waals surface area contributed by atoms with Crippen LogP contribution >= 0.6 is 11.3 Å². The van der Waals surface area contributed by atoms with Crippen LogP contribution in [0.3, 0.4) is 0 Å². The summed E-state index contributed by atoms with van der Waals surface area (Å²) in [5, 5.41) is 12.6. The molecule has 0 aliphatic rings. The van der Waals surface area contributed by atoms with Crippen molar-refractivity contribution in [2.45, 2.75) is 38.2 Å². The summed E-state index contributed by atoms with van der Waals surface area (Å²) in [4.78, 5) is 13.1. The molecule has 1 aromatic heterocycles. The Morgan fingerprint density at radius 2 is 1.84 bits per heavy atom. The highest BCUT2D eigenvalue weighted by Gasteiger charge is 2.38. The van der Waals surface area contributed by atoms with Crippen LogP contribution in [0.5, 0.6) is 0 Å². The van der Waals surface area contributed by atoms with Crippen molar-refractivity contribution >= 4 is 37.4 Å². The number of carbonyl (C=O) groups is 1. The van der Waals surface area contributed by atoms with E-state index >= 15 is 0 Å². The fourth-order valence-corrected chi connectivity index (χ4v) is 5.77. The molecule has 1 atom stereocenters. The number of fused-ring (bicyclic) bond motifs is 1. The summed E-state index contributed by atoms with van der Waals surface area (Å²) in [7, 11) is -3.96. The van der Waals surface area contributed by atoms with Gasteiger partial charge in [0.15, 0.2) is 0 Å². The first-order valence-corrected chi connectivity index (χ1v) is 12.4. The number of benzene rings is 2. The Morgan fingerprint density at radius 1 is 1.13 bits per heavy atom. The van der Waals surface area contributed by atoms with Crippen LogP contribution in [0.25, 0.3) is 10.1 Å². The van der Waals surface area contributed by atoms with Crippen molar-refractivity contribution in [3.05, 3.63) is 71.1 Å². The smallest absolute Gasteiger partial charge is 0.329 e. The molecule has 0 aliphatic heterocycles. The molecule has 0 unspecified atom stereocenters. The predicted molar refractivity (Wildman–Crippen MR) is 123 cm³/mol. The molecular formula is C23H27NO5S2. The second-order valence-corrected chi connectivity index (χ2v) is 11.1. The number of ether oxygens (including phenoxy) is 1. The van der Waals surface area contributed by atoms with E-state index in [9.17, 15) is 18.3 Å². The summed E-state index contributed by atoms with van der Waals surface area (Å²) in [6.45, 7) is 4.55. The number of hydrogen-bond acceptors (Lipinski definition) is 6. The molecule has 0 bridgehead atoms. The molecule has 0 radical (unpaired) electrons. The van der Waals surface area contributed by atoms with Gasteiger partial charge in [0.25, 0.3) is 0 Å². The molecule has 0 amide bonds. The van der Waals surface area contributed by atoms with Gasteiger partial charge in [0.1, 0.15) is 11.6 Å². The molecular weight excluding hydrogens is 434 g/mol. The third-order valence-electron chi connectivity index (χ3n) is 4.58. The molecule has 0 aliphatic carbocycles. The molecule has 6 nitrogen and oxygen atoms in total. The van der Waals surface area contributed by atoms with E-state index in [1.54, 1.807) is 68.5 Å². The van der Waals surface area contributed by atoms with Crippen LogP contribution in [-0.4, -0.2) is 42.6 Å². The number of rotatable bonds is 8. The summed E-state index contributed by atoms with van der Waals surface area (Å²) in [5.41, 5.74) is 0.315. The summed E-state index contributed by atoms with van der Waals surface area (Å²) >= 11 is 1.59. The zero-order valence-electron chi connectivity index (χ0n) is 17.8. The maximum absolute atomic E-state index is 13.5. The fourth-order valence-electron chi connectivity index (χ4n) is 3.34. The summed E-state index contributed by atoms with van der Waals surface area (Å²) in [5.74, 6) is -0.964. The minimum absolute atomic E-state index is 0.220. The van der Waals surface area contributed by atoms with E-state index in [1.807, 2.05) is 23.6 Å². The van der Waals surface area contributed by atoms with E-state index in [-0.39, 0.29) is 12.3 Å².